The lowest BCUT2D eigenvalue weighted by Crippen LogP contribution is -2.16. The standard InChI is InChI=1S/C13H9ClF3NO2/c14-10-2-1-3-11(12(10)18)19-8-4-6-9(7-5-8)20-13(15,16)17/h1-7H,18H2. The number of anilines is 1. The van der Waals surface area contributed by atoms with Crippen LogP contribution in [0.3, 0.4) is 0 Å². The molecule has 0 atom stereocenters. The van der Waals surface area contributed by atoms with Gasteiger partial charge in [0.25, 0.3) is 0 Å². The summed E-state index contributed by atoms with van der Waals surface area (Å²) in [4.78, 5) is 0. The maximum atomic E-state index is 12.0. The van der Waals surface area contributed by atoms with E-state index in [9.17, 15) is 13.2 Å². The number of alkyl halides is 3. The minimum atomic E-state index is -4.72. The summed E-state index contributed by atoms with van der Waals surface area (Å²) in [6.45, 7) is 0. The largest absolute Gasteiger partial charge is 0.573 e. The van der Waals surface area contributed by atoms with Gasteiger partial charge in [0.15, 0.2) is 5.75 Å². The van der Waals surface area contributed by atoms with Gasteiger partial charge in [-0.05, 0) is 36.4 Å². The quantitative estimate of drug-likeness (QED) is 0.842. The number of nitrogen functional groups attached to an aromatic ring is 1. The summed E-state index contributed by atoms with van der Waals surface area (Å²) >= 11 is 5.83. The predicted molar refractivity (Wildman–Crippen MR) is 69.1 cm³/mol. The minimum Gasteiger partial charge on any atom is -0.455 e. The molecule has 106 valence electrons. The van der Waals surface area contributed by atoms with Crippen LogP contribution >= 0.6 is 11.6 Å². The van der Waals surface area contributed by atoms with Crippen molar-refractivity contribution in [1.82, 2.24) is 0 Å². The molecule has 0 fully saturated rings. The molecule has 0 bridgehead atoms. The van der Waals surface area contributed by atoms with Crippen molar-refractivity contribution in [1.29, 1.82) is 0 Å². The van der Waals surface area contributed by atoms with Gasteiger partial charge in [-0.2, -0.15) is 0 Å². The molecule has 0 amide bonds. The van der Waals surface area contributed by atoms with E-state index in [4.69, 9.17) is 22.1 Å². The Morgan fingerprint density at radius 2 is 1.55 bits per heavy atom. The number of hydrogen-bond donors (Lipinski definition) is 1. The van der Waals surface area contributed by atoms with Gasteiger partial charge in [0.2, 0.25) is 0 Å². The van der Waals surface area contributed by atoms with E-state index in [-0.39, 0.29) is 11.4 Å². The lowest BCUT2D eigenvalue weighted by Gasteiger charge is -2.11. The number of ether oxygens (including phenoxy) is 2. The first-order chi connectivity index (χ1) is 9.35. The van der Waals surface area contributed by atoms with E-state index in [1.807, 2.05) is 0 Å². The lowest BCUT2D eigenvalue weighted by atomic mass is 10.3. The van der Waals surface area contributed by atoms with Crippen LogP contribution in [0.15, 0.2) is 42.5 Å². The van der Waals surface area contributed by atoms with Crippen LogP contribution in [0.5, 0.6) is 17.2 Å². The normalized spacial score (nSPS) is 11.2. The van der Waals surface area contributed by atoms with E-state index < -0.39 is 6.36 Å². The summed E-state index contributed by atoms with van der Waals surface area (Å²) in [5, 5.41) is 0.333. The summed E-state index contributed by atoms with van der Waals surface area (Å²) in [7, 11) is 0. The predicted octanol–water partition coefficient (Wildman–Crippen LogP) is 4.61. The van der Waals surface area contributed by atoms with Crippen LogP contribution in [0.25, 0.3) is 0 Å². The van der Waals surface area contributed by atoms with Gasteiger partial charge in [-0.3, -0.25) is 0 Å². The van der Waals surface area contributed by atoms with Crippen molar-refractivity contribution in [3.05, 3.63) is 47.5 Å². The second-order valence-electron chi connectivity index (χ2n) is 3.77. The first-order valence-electron chi connectivity index (χ1n) is 5.43. The maximum Gasteiger partial charge on any atom is 0.573 e. The Labute approximate surface area is 117 Å². The van der Waals surface area contributed by atoms with Gasteiger partial charge in [0, 0.05) is 0 Å². The smallest absolute Gasteiger partial charge is 0.455 e. The fourth-order valence-electron chi connectivity index (χ4n) is 1.44. The molecule has 0 heterocycles. The third kappa shape index (κ3) is 3.71. The highest BCUT2D eigenvalue weighted by atomic mass is 35.5. The van der Waals surface area contributed by atoms with E-state index in [0.717, 1.165) is 12.1 Å². The zero-order valence-corrected chi connectivity index (χ0v) is 10.7. The summed E-state index contributed by atoms with van der Waals surface area (Å²) in [5.41, 5.74) is 5.97. The van der Waals surface area contributed by atoms with Crippen LogP contribution in [0, 0.1) is 0 Å². The molecule has 0 unspecified atom stereocenters. The SMILES string of the molecule is Nc1c(Cl)cccc1Oc1ccc(OC(F)(F)F)cc1. The Kier molecular flexibility index (Phi) is 3.94. The van der Waals surface area contributed by atoms with Crippen LogP contribution in [0.2, 0.25) is 5.02 Å². The van der Waals surface area contributed by atoms with Crippen molar-refractivity contribution in [3.63, 3.8) is 0 Å². The van der Waals surface area contributed by atoms with Crippen molar-refractivity contribution < 1.29 is 22.6 Å². The molecule has 20 heavy (non-hydrogen) atoms. The van der Waals surface area contributed by atoms with Gasteiger partial charge >= 0.3 is 6.36 Å². The van der Waals surface area contributed by atoms with Crippen molar-refractivity contribution in [3.8, 4) is 17.2 Å². The molecule has 0 aromatic heterocycles. The third-order valence-electron chi connectivity index (χ3n) is 2.30. The second kappa shape index (κ2) is 5.50. The summed E-state index contributed by atoms with van der Waals surface area (Å²) in [6, 6.07) is 9.80. The Bertz CT molecular complexity index is 600. The molecule has 2 aromatic rings. The molecule has 0 saturated carbocycles. The lowest BCUT2D eigenvalue weighted by molar-refractivity contribution is -0.274. The summed E-state index contributed by atoms with van der Waals surface area (Å²) in [6.07, 6.45) is -4.72. The molecule has 0 saturated heterocycles. The number of halogens is 4. The zero-order valence-electron chi connectivity index (χ0n) is 9.95. The molecule has 2 rings (SSSR count). The minimum absolute atomic E-state index is 0.254. The molecule has 0 spiro atoms. The van der Waals surface area contributed by atoms with Crippen LogP contribution in [0.4, 0.5) is 18.9 Å². The summed E-state index contributed by atoms with van der Waals surface area (Å²) < 4.78 is 45.2. The molecule has 7 heteroatoms. The monoisotopic (exact) mass is 303 g/mol. The van der Waals surface area contributed by atoms with Gasteiger partial charge in [0.1, 0.15) is 11.5 Å². The van der Waals surface area contributed by atoms with Crippen LogP contribution in [-0.4, -0.2) is 6.36 Å². The molecule has 0 radical (unpaired) electrons. The van der Waals surface area contributed by atoms with Crippen molar-refractivity contribution in [2.75, 3.05) is 5.73 Å². The second-order valence-corrected chi connectivity index (χ2v) is 4.18. The number of hydrogen-bond acceptors (Lipinski definition) is 3. The van der Waals surface area contributed by atoms with Crippen molar-refractivity contribution in [2.45, 2.75) is 6.36 Å². The molecule has 0 aliphatic heterocycles. The highest BCUT2D eigenvalue weighted by Crippen LogP contribution is 2.33. The molecule has 3 nitrogen and oxygen atoms in total. The Hall–Kier alpha value is -2.08. The topological polar surface area (TPSA) is 44.5 Å². The number of para-hydroxylation sites is 1. The number of nitrogens with two attached hydrogens (primary N) is 1. The van der Waals surface area contributed by atoms with E-state index in [0.29, 0.717) is 16.5 Å². The number of rotatable bonds is 3. The Balaban J connectivity index is 2.13. The molecule has 0 aliphatic rings. The average molecular weight is 304 g/mol. The van der Waals surface area contributed by atoms with Crippen LogP contribution in [0.1, 0.15) is 0 Å². The average Bonchev–Trinajstić information content (AvgIpc) is 2.35. The van der Waals surface area contributed by atoms with E-state index in [1.54, 1.807) is 18.2 Å². The van der Waals surface area contributed by atoms with Gasteiger partial charge < -0.3 is 15.2 Å². The first-order valence-corrected chi connectivity index (χ1v) is 5.80. The third-order valence-corrected chi connectivity index (χ3v) is 2.63. The molecule has 2 N–H and O–H groups in total. The fraction of sp³-hybridized carbons (Fsp3) is 0.0769. The van der Waals surface area contributed by atoms with Crippen LogP contribution < -0.4 is 15.2 Å². The number of benzene rings is 2. The van der Waals surface area contributed by atoms with Gasteiger partial charge in [0.05, 0.1) is 10.7 Å². The molecule has 0 aliphatic carbocycles. The van der Waals surface area contributed by atoms with E-state index >= 15 is 0 Å². The molecular weight excluding hydrogens is 295 g/mol. The Morgan fingerprint density at radius 3 is 2.15 bits per heavy atom. The van der Waals surface area contributed by atoms with Gasteiger partial charge in [-0.25, -0.2) is 0 Å². The first kappa shape index (κ1) is 14.3. The van der Waals surface area contributed by atoms with E-state index in [2.05, 4.69) is 4.74 Å². The van der Waals surface area contributed by atoms with Crippen LogP contribution in [-0.2, 0) is 0 Å². The van der Waals surface area contributed by atoms with Gasteiger partial charge in [-0.15, -0.1) is 13.2 Å². The van der Waals surface area contributed by atoms with Crippen molar-refractivity contribution >= 4 is 17.3 Å². The molecular formula is C13H9ClF3NO2. The highest BCUT2D eigenvalue weighted by molar-refractivity contribution is 6.33. The molecule has 2 aromatic carbocycles. The van der Waals surface area contributed by atoms with Crippen molar-refractivity contribution in [2.24, 2.45) is 0 Å². The highest BCUT2D eigenvalue weighted by Gasteiger charge is 2.30. The summed E-state index contributed by atoms with van der Waals surface area (Å²) in [5.74, 6) is 0.305. The fourth-order valence-corrected chi connectivity index (χ4v) is 1.61. The van der Waals surface area contributed by atoms with Gasteiger partial charge in [-0.1, -0.05) is 17.7 Å². The maximum absolute atomic E-state index is 12.0. The Morgan fingerprint density at radius 1 is 0.950 bits per heavy atom. The zero-order chi connectivity index (χ0) is 14.8. The van der Waals surface area contributed by atoms with E-state index in [1.165, 1.54) is 12.1 Å².